The molecule has 2 aromatic heterocycles. The summed E-state index contributed by atoms with van der Waals surface area (Å²) in [6, 6.07) is 5.10. The largest absolute Gasteiger partial charge is 0.368 e. The van der Waals surface area contributed by atoms with Crippen molar-refractivity contribution in [2.24, 2.45) is 0 Å². The zero-order valence-corrected chi connectivity index (χ0v) is 14.3. The topological polar surface area (TPSA) is 71.5 Å². The Labute approximate surface area is 145 Å². The molecule has 0 N–H and O–H groups in total. The van der Waals surface area contributed by atoms with Crippen molar-refractivity contribution in [2.75, 3.05) is 38.7 Å². The number of anilines is 1. The molecule has 2 aromatic rings. The van der Waals surface area contributed by atoms with Crippen LogP contribution < -0.4 is 4.90 Å². The number of aromatic nitrogens is 3. The van der Waals surface area contributed by atoms with Gasteiger partial charge in [0.25, 0.3) is 5.91 Å². The molecule has 0 radical (unpaired) electrons. The molecule has 3 heterocycles. The van der Waals surface area contributed by atoms with Crippen molar-refractivity contribution in [2.45, 2.75) is 6.10 Å². The number of amides is 1. The average molecular weight is 348 g/mol. The second-order valence-corrected chi connectivity index (χ2v) is 6.08. The molecule has 1 saturated heterocycles. The molecule has 3 rings (SSSR count). The van der Waals surface area contributed by atoms with E-state index < -0.39 is 0 Å². The Morgan fingerprint density at radius 2 is 2.17 bits per heavy atom. The van der Waals surface area contributed by atoms with E-state index in [1.54, 1.807) is 23.2 Å². The first-order valence-corrected chi connectivity index (χ1v) is 7.95. The highest BCUT2D eigenvalue weighted by Crippen LogP contribution is 2.22. The average Bonchev–Trinajstić information content (AvgIpc) is 2.62. The predicted molar refractivity (Wildman–Crippen MR) is 90.2 cm³/mol. The van der Waals surface area contributed by atoms with Crippen LogP contribution in [0.3, 0.4) is 0 Å². The normalized spacial score (nSPS) is 17.6. The number of hydrogen-bond acceptors (Lipinski definition) is 6. The van der Waals surface area contributed by atoms with Crippen molar-refractivity contribution in [3.63, 3.8) is 0 Å². The summed E-state index contributed by atoms with van der Waals surface area (Å²) in [7, 11) is 3.76. The minimum atomic E-state index is -0.281. The summed E-state index contributed by atoms with van der Waals surface area (Å²) in [6.07, 6.45) is 2.89. The molecule has 0 aromatic carbocycles. The van der Waals surface area contributed by atoms with Gasteiger partial charge in [-0.05, 0) is 18.2 Å². The minimum absolute atomic E-state index is 0.137. The van der Waals surface area contributed by atoms with E-state index in [4.69, 9.17) is 16.3 Å². The first kappa shape index (κ1) is 16.6. The van der Waals surface area contributed by atoms with Gasteiger partial charge in [-0.1, -0.05) is 11.6 Å². The Kier molecular flexibility index (Phi) is 4.92. The molecule has 0 saturated carbocycles. The van der Waals surface area contributed by atoms with Gasteiger partial charge in [0.2, 0.25) is 5.95 Å². The molecule has 0 spiro atoms. The highest BCUT2D eigenvalue weighted by molar-refractivity contribution is 6.30. The van der Waals surface area contributed by atoms with Gasteiger partial charge in [-0.2, -0.15) is 0 Å². The maximum Gasteiger partial charge on any atom is 0.272 e. The van der Waals surface area contributed by atoms with E-state index >= 15 is 0 Å². The summed E-state index contributed by atoms with van der Waals surface area (Å²) in [5, 5.41) is 0.503. The Morgan fingerprint density at radius 3 is 2.88 bits per heavy atom. The number of pyridine rings is 1. The number of ether oxygens (including phenoxy) is 1. The summed E-state index contributed by atoms with van der Waals surface area (Å²) in [6.45, 7) is 1.39. The van der Waals surface area contributed by atoms with Gasteiger partial charge in [-0.15, -0.1) is 0 Å². The first-order chi connectivity index (χ1) is 11.5. The van der Waals surface area contributed by atoms with Crippen molar-refractivity contribution in [1.29, 1.82) is 0 Å². The van der Waals surface area contributed by atoms with Crippen molar-refractivity contribution < 1.29 is 9.53 Å². The summed E-state index contributed by atoms with van der Waals surface area (Å²) in [5.41, 5.74) is 1.13. The molecule has 8 heteroatoms. The van der Waals surface area contributed by atoms with Gasteiger partial charge in [-0.3, -0.25) is 4.79 Å². The molecular weight excluding hydrogens is 330 g/mol. The number of rotatable bonds is 3. The summed E-state index contributed by atoms with van der Waals surface area (Å²) >= 11 is 5.82. The third-order valence-corrected chi connectivity index (χ3v) is 3.92. The summed E-state index contributed by atoms with van der Waals surface area (Å²) in [5.74, 6) is 0.473. The van der Waals surface area contributed by atoms with Crippen molar-refractivity contribution in [3.05, 3.63) is 47.0 Å². The second-order valence-electron chi connectivity index (χ2n) is 5.65. The maximum atomic E-state index is 12.6. The predicted octanol–water partition coefficient (Wildman–Crippen LogP) is 1.80. The molecule has 1 aliphatic rings. The van der Waals surface area contributed by atoms with Gasteiger partial charge < -0.3 is 14.5 Å². The molecule has 1 amide bonds. The van der Waals surface area contributed by atoms with Crippen LogP contribution >= 0.6 is 11.6 Å². The van der Waals surface area contributed by atoms with E-state index in [1.807, 2.05) is 25.1 Å². The quantitative estimate of drug-likeness (QED) is 0.843. The van der Waals surface area contributed by atoms with Crippen LogP contribution in [-0.2, 0) is 4.74 Å². The molecular formula is C16H18ClN5O2. The van der Waals surface area contributed by atoms with Crippen LogP contribution in [0.4, 0.5) is 5.95 Å². The number of carbonyl (C=O) groups is 1. The molecule has 1 aliphatic heterocycles. The van der Waals surface area contributed by atoms with Crippen LogP contribution in [0, 0.1) is 0 Å². The minimum Gasteiger partial charge on any atom is -0.368 e. The Hall–Kier alpha value is -2.25. The lowest BCUT2D eigenvalue weighted by Gasteiger charge is -2.32. The van der Waals surface area contributed by atoms with Crippen LogP contribution in [0.1, 0.15) is 22.3 Å². The van der Waals surface area contributed by atoms with E-state index in [-0.39, 0.29) is 12.0 Å². The van der Waals surface area contributed by atoms with Gasteiger partial charge in [-0.25, -0.2) is 15.0 Å². The van der Waals surface area contributed by atoms with Crippen LogP contribution in [0.15, 0.2) is 30.6 Å². The van der Waals surface area contributed by atoms with E-state index in [2.05, 4.69) is 15.0 Å². The number of nitrogens with zero attached hydrogens (tertiary/aromatic N) is 5. The van der Waals surface area contributed by atoms with E-state index in [0.717, 1.165) is 5.69 Å². The lowest BCUT2D eigenvalue weighted by atomic mass is 10.2. The van der Waals surface area contributed by atoms with Crippen molar-refractivity contribution in [1.82, 2.24) is 19.9 Å². The van der Waals surface area contributed by atoms with Crippen LogP contribution in [0.25, 0.3) is 0 Å². The molecule has 1 fully saturated rings. The molecule has 0 aliphatic carbocycles. The van der Waals surface area contributed by atoms with Gasteiger partial charge in [0, 0.05) is 33.0 Å². The first-order valence-electron chi connectivity index (χ1n) is 7.57. The highest BCUT2D eigenvalue weighted by Gasteiger charge is 2.27. The fraction of sp³-hybridized carbons (Fsp3) is 0.375. The van der Waals surface area contributed by atoms with Crippen LogP contribution in [0.2, 0.25) is 5.02 Å². The molecule has 1 unspecified atom stereocenters. The molecule has 126 valence electrons. The summed E-state index contributed by atoms with van der Waals surface area (Å²) in [4.78, 5) is 28.9. The molecule has 24 heavy (non-hydrogen) atoms. The zero-order chi connectivity index (χ0) is 17.1. The van der Waals surface area contributed by atoms with E-state index in [1.165, 1.54) is 6.20 Å². The molecule has 1 atom stereocenters. The number of halogens is 1. The Morgan fingerprint density at radius 1 is 1.33 bits per heavy atom. The van der Waals surface area contributed by atoms with Crippen molar-refractivity contribution in [3.8, 4) is 0 Å². The molecule has 0 bridgehead atoms. The fourth-order valence-electron chi connectivity index (χ4n) is 2.43. The number of morpholine rings is 1. The molecule has 7 nitrogen and oxygen atoms in total. The summed E-state index contributed by atoms with van der Waals surface area (Å²) < 4.78 is 5.79. The monoisotopic (exact) mass is 347 g/mol. The fourth-order valence-corrected chi connectivity index (χ4v) is 2.55. The third-order valence-electron chi connectivity index (χ3n) is 3.69. The van der Waals surface area contributed by atoms with Crippen molar-refractivity contribution >= 4 is 23.5 Å². The Bertz CT molecular complexity index is 723. The smallest absolute Gasteiger partial charge is 0.272 e. The highest BCUT2D eigenvalue weighted by atomic mass is 35.5. The standard InChI is InChI=1S/C16H18ClN5O2/c1-21(2)16-18-6-5-12(20-16)14-10-22(7-8-24-14)15(23)13-4-3-11(17)9-19-13/h3-6,9,14H,7-8,10H2,1-2H3. The number of carbonyl (C=O) groups excluding carboxylic acids is 1. The maximum absolute atomic E-state index is 12.6. The number of hydrogen-bond donors (Lipinski definition) is 0. The third kappa shape index (κ3) is 3.63. The van der Waals surface area contributed by atoms with Gasteiger partial charge in [0.1, 0.15) is 11.8 Å². The lowest BCUT2D eigenvalue weighted by Crippen LogP contribution is -2.42. The van der Waals surface area contributed by atoms with E-state index in [0.29, 0.717) is 36.4 Å². The lowest BCUT2D eigenvalue weighted by molar-refractivity contribution is -0.0249. The van der Waals surface area contributed by atoms with E-state index in [9.17, 15) is 4.79 Å². The Balaban J connectivity index is 1.75. The van der Waals surface area contributed by atoms with Crippen LogP contribution in [0.5, 0.6) is 0 Å². The van der Waals surface area contributed by atoms with Gasteiger partial charge in [0.05, 0.1) is 23.9 Å². The van der Waals surface area contributed by atoms with Gasteiger partial charge >= 0.3 is 0 Å². The second kappa shape index (κ2) is 7.11. The van der Waals surface area contributed by atoms with Crippen LogP contribution in [-0.4, -0.2) is 59.6 Å². The SMILES string of the molecule is CN(C)c1nccc(C2CN(C(=O)c3ccc(Cl)cn3)CCO2)n1. The van der Waals surface area contributed by atoms with Gasteiger partial charge in [0.15, 0.2) is 0 Å². The zero-order valence-electron chi connectivity index (χ0n) is 13.5.